The standard InChI is InChI=1S/C19H23NO2/c1-10(2)12-4-5-13-14-9-11-3-6-15(21)17-16(11)19(13,7-8-20-14)18(12)22-17/h3-6,10,12-14,18,20-21H,7-9H2,1-2H3. The van der Waals surface area contributed by atoms with Crippen molar-refractivity contribution >= 4 is 0 Å². The van der Waals surface area contributed by atoms with Gasteiger partial charge in [0.1, 0.15) is 6.10 Å². The van der Waals surface area contributed by atoms with Gasteiger partial charge < -0.3 is 15.2 Å². The van der Waals surface area contributed by atoms with Gasteiger partial charge in [0.25, 0.3) is 0 Å². The molecule has 2 heterocycles. The summed E-state index contributed by atoms with van der Waals surface area (Å²) in [7, 11) is 0. The predicted octanol–water partition coefficient (Wildman–Crippen LogP) is 2.77. The number of hydrogen-bond donors (Lipinski definition) is 2. The van der Waals surface area contributed by atoms with Crippen LogP contribution in [0.3, 0.4) is 0 Å². The van der Waals surface area contributed by atoms with E-state index in [4.69, 9.17) is 4.74 Å². The van der Waals surface area contributed by atoms with Crippen LogP contribution in [0.15, 0.2) is 24.3 Å². The summed E-state index contributed by atoms with van der Waals surface area (Å²) in [6.45, 7) is 5.61. The van der Waals surface area contributed by atoms with Crippen LogP contribution < -0.4 is 10.1 Å². The van der Waals surface area contributed by atoms with Crippen LogP contribution in [0.1, 0.15) is 31.4 Å². The SMILES string of the molecule is CC(C)C1C=CC2C3Cc4ccc(O)c5c4C2(CCN3)C1O5. The number of rotatable bonds is 1. The summed E-state index contributed by atoms with van der Waals surface area (Å²) >= 11 is 0. The molecule has 2 N–H and O–H groups in total. The van der Waals surface area contributed by atoms with Crippen molar-refractivity contribution < 1.29 is 9.84 Å². The molecule has 0 radical (unpaired) electrons. The average Bonchev–Trinajstić information content (AvgIpc) is 2.83. The lowest BCUT2D eigenvalue weighted by Crippen LogP contribution is -2.64. The van der Waals surface area contributed by atoms with E-state index in [9.17, 15) is 5.11 Å². The van der Waals surface area contributed by atoms with Crippen LogP contribution in [0, 0.1) is 17.8 Å². The van der Waals surface area contributed by atoms with Gasteiger partial charge in [0.05, 0.1) is 0 Å². The summed E-state index contributed by atoms with van der Waals surface area (Å²) < 4.78 is 6.45. The van der Waals surface area contributed by atoms with E-state index >= 15 is 0 Å². The number of ether oxygens (including phenoxy) is 1. The van der Waals surface area contributed by atoms with E-state index in [2.05, 4.69) is 37.4 Å². The Balaban J connectivity index is 1.80. The van der Waals surface area contributed by atoms with Crippen LogP contribution in [0.4, 0.5) is 0 Å². The third-order valence-corrected chi connectivity index (χ3v) is 6.51. The molecular formula is C19H23NO2. The molecule has 1 aromatic carbocycles. The van der Waals surface area contributed by atoms with Gasteiger partial charge in [-0.2, -0.15) is 0 Å². The van der Waals surface area contributed by atoms with Crippen molar-refractivity contribution in [2.24, 2.45) is 17.8 Å². The Morgan fingerprint density at radius 3 is 3.00 bits per heavy atom. The number of piperidine rings is 1. The number of benzene rings is 1. The minimum Gasteiger partial charge on any atom is -0.504 e. The molecule has 1 saturated heterocycles. The highest BCUT2D eigenvalue weighted by atomic mass is 16.5. The molecular weight excluding hydrogens is 274 g/mol. The fraction of sp³-hybridized carbons (Fsp3) is 0.579. The van der Waals surface area contributed by atoms with Crippen LogP contribution in [-0.2, 0) is 11.8 Å². The van der Waals surface area contributed by atoms with Crippen molar-refractivity contribution in [3.63, 3.8) is 0 Å². The maximum Gasteiger partial charge on any atom is 0.165 e. The van der Waals surface area contributed by atoms with Gasteiger partial charge in [0, 0.05) is 28.9 Å². The van der Waals surface area contributed by atoms with Crippen molar-refractivity contribution in [1.29, 1.82) is 0 Å². The summed E-state index contributed by atoms with van der Waals surface area (Å²) in [5.74, 6) is 2.57. The van der Waals surface area contributed by atoms with Crippen LogP contribution >= 0.6 is 0 Å². The van der Waals surface area contributed by atoms with Crippen molar-refractivity contribution in [2.45, 2.75) is 44.2 Å². The lowest BCUT2D eigenvalue weighted by molar-refractivity contribution is 0.0131. The van der Waals surface area contributed by atoms with Crippen molar-refractivity contribution in [3.05, 3.63) is 35.4 Å². The molecule has 2 aliphatic heterocycles. The number of aromatic hydroxyl groups is 1. The molecule has 3 nitrogen and oxygen atoms in total. The lowest BCUT2D eigenvalue weighted by Gasteiger charge is -2.55. The summed E-state index contributed by atoms with van der Waals surface area (Å²) in [4.78, 5) is 0. The van der Waals surface area contributed by atoms with E-state index < -0.39 is 0 Å². The van der Waals surface area contributed by atoms with Gasteiger partial charge in [-0.05, 0) is 36.9 Å². The molecule has 116 valence electrons. The quantitative estimate of drug-likeness (QED) is 0.783. The molecule has 2 aliphatic carbocycles. The van der Waals surface area contributed by atoms with Crippen molar-refractivity contribution in [3.8, 4) is 11.5 Å². The Labute approximate surface area is 131 Å². The van der Waals surface area contributed by atoms with Crippen molar-refractivity contribution in [2.75, 3.05) is 6.54 Å². The Bertz CT molecular complexity index is 680. The van der Waals surface area contributed by atoms with E-state index in [1.54, 1.807) is 0 Å². The van der Waals surface area contributed by atoms with Gasteiger partial charge in [0.2, 0.25) is 0 Å². The fourth-order valence-corrected chi connectivity index (χ4v) is 5.61. The minimum absolute atomic E-state index is 0.0707. The summed E-state index contributed by atoms with van der Waals surface area (Å²) in [6, 6.07) is 4.43. The zero-order valence-electron chi connectivity index (χ0n) is 13.2. The number of hydrogen-bond acceptors (Lipinski definition) is 3. The molecule has 4 aliphatic rings. The molecule has 5 atom stereocenters. The van der Waals surface area contributed by atoms with Gasteiger partial charge in [-0.15, -0.1) is 0 Å². The van der Waals surface area contributed by atoms with Crippen molar-refractivity contribution in [1.82, 2.24) is 5.32 Å². The molecule has 0 amide bonds. The molecule has 5 rings (SSSR count). The van der Waals surface area contributed by atoms with Gasteiger partial charge >= 0.3 is 0 Å². The second-order valence-corrected chi connectivity index (χ2v) is 7.77. The van der Waals surface area contributed by atoms with Crippen LogP contribution in [0.25, 0.3) is 0 Å². The number of phenolic OH excluding ortho intramolecular Hbond substituents is 1. The predicted molar refractivity (Wildman–Crippen MR) is 85.3 cm³/mol. The first-order valence-corrected chi connectivity index (χ1v) is 8.56. The Morgan fingerprint density at radius 1 is 1.32 bits per heavy atom. The Kier molecular flexibility index (Phi) is 2.41. The molecule has 2 bridgehead atoms. The van der Waals surface area contributed by atoms with E-state index in [0.717, 1.165) is 25.1 Å². The first kappa shape index (κ1) is 13.0. The minimum atomic E-state index is 0.0707. The van der Waals surface area contributed by atoms with Crippen LogP contribution in [0.5, 0.6) is 11.5 Å². The fourth-order valence-electron chi connectivity index (χ4n) is 5.61. The first-order chi connectivity index (χ1) is 10.6. The first-order valence-electron chi connectivity index (χ1n) is 8.56. The van der Waals surface area contributed by atoms with E-state index in [-0.39, 0.29) is 11.5 Å². The molecule has 5 unspecified atom stereocenters. The smallest absolute Gasteiger partial charge is 0.165 e. The van der Waals surface area contributed by atoms with E-state index in [1.807, 2.05) is 6.07 Å². The maximum atomic E-state index is 10.4. The molecule has 0 aromatic heterocycles. The Morgan fingerprint density at radius 2 is 2.18 bits per heavy atom. The summed E-state index contributed by atoms with van der Waals surface area (Å²) in [6.07, 6.45) is 7.15. The van der Waals surface area contributed by atoms with Gasteiger partial charge in [-0.1, -0.05) is 32.1 Å². The third kappa shape index (κ3) is 1.32. The monoisotopic (exact) mass is 297 g/mol. The van der Waals surface area contributed by atoms with Gasteiger partial charge in [-0.3, -0.25) is 0 Å². The molecule has 1 aromatic rings. The molecule has 1 fully saturated rings. The van der Waals surface area contributed by atoms with Gasteiger partial charge in [-0.25, -0.2) is 0 Å². The second-order valence-electron chi connectivity index (χ2n) is 7.77. The molecule has 1 spiro atoms. The molecule has 3 heteroatoms. The maximum absolute atomic E-state index is 10.4. The highest BCUT2D eigenvalue weighted by molar-refractivity contribution is 5.61. The van der Waals surface area contributed by atoms with Crippen LogP contribution in [0.2, 0.25) is 0 Å². The molecule has 22 heavy (non-hydrogen) atoms. The third-order valence-electron chi connectivity index (χ3n) is 6.51. The summed E-state index contributed by atoms with van der Waals surface area (Å²) in [5.41, 5.74) is 2.78. The zero-order chi connectivity index (χ0) is 15.1. The lowest BCUT2D eigenvalue weighted by atomic mass is 9.52. The highest BCUT2D eigenvalue weighted by Crippen LogP contribution is 2.62. The zero-order valence-corrected chi connectivity index (χ0v) is 13.2. The normalized spacial score (nSPS) is 40.5. The largest absolute Gasteiger partial charge is 0.504 e. The van der Waals surface area contributed by atoms with Crippen LogP contribution in [-0.4, -0.2) is 23.8 Å². The average molecular weight is 297 g/mol. The summed E-state index contributed by atoms with van der Waals surface area (Å²) in [5, 5.41) is 14.1. The number of nitrogens with one attached hydrogen (secondary N) is 1. The number of phenols is 1. The Hall–Kier alpha value is -1.48. The topological polar surface area (TPSA) is 41.5 Å². The van der Waals surface area contributed by atoms with Gasteiger partial charge in [0.15, 0.2) is 11.5 Å². The van der Waals surface area contributed by atoms with E-state index in [0.29, 0.717) is 29.5 Å². The highest BCUT2D eigenvalue weighted by Gasteiger charge is 2.63. The second kappa shape index (κ2) is 4.08. The molecule has 0 saturated carbocycles. The van der Waals surface area contributed by atoms with E-state index in [1.165, 1.54) is 11.1 Å².